The number of amides is 1. The molecule has 0 aliphatic heterocycles. The summed E-state index contributed by atoms with van der Waals surface area (Å²) in [6, 6.07) is 5.48. The van der Waals surface area contributed by atoms with E-state index < -0.39 is 5.97 Å². The molecule has 1 heterocycles. The molecule has 1 aromatic rings. The molecule has 1 rings (SSSR count). The standard InChI is InChI=1S/C13H18N2O3/c1-3-10(11-6-4-5-9(2)14-11)15-12(16)7-8-13(17)18/h4-6,10H,3,7-8H2,1-2H3,(H,15,16)(H,17,18)/t10-/m1/s1. The van der Waals surface area contributed by atoms with Crippen molar-refractivity contribution in [3.05, 3.63) is 29.6 Å². The zero-order valence-electron chi connectivity index (χ0n) is 10.6. The van der Waals surface area contributed by atoms with E-state index in [2.05, 4.69) is 10.3 Å². The second kappa shape index (κ2) is 6.74. The number of pyridine rings is 1. The third kappa shape index (κ3) is 4.53. The van der Waals surface area contributed by atoms with E-state index in [1.165, 1.54) is 0 Å². The number of nitrogens with one attached hydrogen (secondary N) is 1. The van der Waals surface area contributed by atoms with Gasteiger partial charge < -0.3 is 10.4 Å². The van der Waals surface area contributed by atoms with Gasteiger partial charge in [0, 0.05) is 12.1 Å². The largest absolute Gasteiger partial charge is 0.481 e. The number of aliphatic carboxylic acids is 1. The summed E-state index contributed by atoms with van der Waals surface area (Å²) in [6.07, 6.45) is 0.566. The van der Waals surface area contributed by atoms with Crippen LogP contribution in [0.4, 0.5) is 0 Å². The molecule has 2 N–H and O–H groups in total. The van der Waals surface area contributed by atoms with E-state index in [4.69, 9.17) is 5.11 Å². The molecule has 0 fully saturated rings. The van der Waals surface area contributed by atoms with Crippen LogP contribution in [0.3, 0.4) is 0 Å². The Hall–Kier alpha value is -1.91. The molecule has 18 heavy (non-hydrogen) atoms. The number of hydrogen-bond acceptors (Lipinski definition) is 3. The first-order valence-electron chi connectivity index (χ1n) is 5.97. The maximum Gasteiger partial charge on any atom is 0.303 e. The molecule has 1 aromatic heterocycles. The Kier molecular flexibility index (Phi) is 5.30. The smallest absolute Gasteiger partial charge is 0.303 e. The van der Waals surface area contributed by atoms with E-state index in [0.29, 0.717) is 0 Å². The first kappa shape index (κ1) is 14.2. The maximum atomic E-state index is 11.6. The summed E-state index contributed by atoms with van der Waals surface area (Å²) in [6.45, 7) is 3.84. The van der Waals surface area contributed by atoms with Crippen molar-refractivity contribution in [2.24, 2.45) is 0 Å². The molecule has 0 aliphatic rings. The number of rotatable bonds is 6. The number of aryl methyl sites for hydroxylation is 1. The van der Waals surface area contributed by atoms with Gasteiger partial charge in [0.15, 0.2) is 0 Å². The number of nitrogens with zero attached hydrogens (tertiary/aromatic N) is 1. The van der Waals surface area contributed by atoms with E-state index in [-0.39, 0.29) is 24.8 Å². The summed E-state index contributed by atoms with van der Waals surface area (Å²) >= 11 is 0. The summed E-state index contributed by atoms with van der Waals surface area (Å²) in [5.41, 5.74) is 1.70. The Labute approximate surface area is 106 Å². The number of aromatic nitrogens is 1. The SMILES string of the molecule is CC[C@@H](NC(=O)CCC(=O)O)c1cccc(C)n1. The van der Waals surface area contributed by atoms with Crippen LogP contribution in [0.2, 0.25) is 0 Å². The number of hydrogen-bond donors (Lipinski definition) is 2. The topological polar surface area (TPSA) is 79.3 Å². The average Bonchev–Trinajstić information content (AvgIpc) is 2.33. The van der Waals surface area contributed by atoms with Gasteiger partial charge in [0.2, 0.25) is 5.91 Å². The summed E-state index contributed by atoms with van der Waals surface area (Å²) in [7, 11) is 0. The lowest BCUT2D eigenvalue weighted by molar-refractivity contribution is -0.138. The van der Waals surface area contributed by atoms with Gasteiger partial charge in [-0.3, -0.25) is 14.6 Å². The molecule has 0 saturated carbocycles. The van der Waals surface area contributed by atoms with Crippen molar-refractivity contribution in [3.8, 4) is 0 Å². The van der Waals surface area contributed by atoms with Gasteiger partial charge >= 0.3 is 5.97 Å². The third-order valence-electron chi connectivity index (χ3n) is 2.58. The quantitative estimate of drug-likeness (QED) is 0.807. The van der Waals surface area contributed by atoms with Crippen molar-refractivity contribution < 1.29 is 14.7 Å². The highest BCUT2D eigenvalue weighted by molar-refractivity contribution is 5.80. The third-order valence-corrected chi connectivity index (χ3v) is 2.58. The summed E-state index contributed by atoms with van der Waals surface area (Å²) in [4.78, 5) is 26.3. The van der Waals surface area contributed by atoms with Crippen LogP contribution in [0.15, 0.2) is 18.2 Å². The summed E-state index contributed by atoms with van der Waals surface area (Å²) in [5, 5.41) is 11.3. The molecule has 98 valence electrons. The fourth-order valence-electron chi connectivity index (χ4n) is 1.63. The van der Waals surface area contributed by atoms with E-state index in [0.717, 1.165) is 17.8 Å². The van der Waals surface area contributed by atoms with E-state index in [1.807, 2.05) is 32.0 Å². The van der Waals surface area contributed by atoms with E-state index in [9.17, 15) is 9.59 Å². The molecule has 5 nitrogen and oxygen atoms in total. The van der Waals surface area contributed by atoms with Crippen molar-refractivity contribution in [2.75, 3.05) is 0 Å². The lowest BCUT2D eigenvalue weighted by Crippen LogP contribution is -2.29. The predicted molar refractivity (Wildman–Crippen MR) is 67.0 cm³/mol. The first-order chi connectivity index (χ1) is 8.52. The van der Waals surface area contributed by atoms with Crippen LogP contribution in [0, 0.1) is 6.92 Å². The van der Waals surface area contributed by atoms with Crippen molar-refractivity contribution in [2.45, 2.75) is 39.2 Å². The van der Waals surface area contributed by atoms with Gasteiger partial charge in [-0.1, -0.05) is 13.0 Å². The summed E-state index contributed by atoms with van der Waals surface area (Å²) < 4.78 is 0. The molecule has 0 saturated heterocycles. The molecule has 0 aromatic carbocycles. The Morgan fingerprint density at radius 3 is 2.67 bits per heavy atom. The zero-order chi connectivity index (χ0) is 13.5. The van der Waals surface area contributed by atoms with Crippen LogP contribution < -0.4 is 5.32 Å². The Bertz CT molecular complexity index is 432. The van der Waals surface area contributed by atoms with Crippen LogP contribution in [-0.2, 0) is 9.59 Å². The van der Waals surface area contributed by atoms with Crippen molar-refractivity contribution in [1.82, 2.24) is 10.3 Å². The molecule has 0 spiro atoms. The minimum Gasteiger partial charge on any atom is -0.481 e. The number of carbonyl (C=O) groups excluding carboxylic acids is 1. The van der Waals surface area contributed by atoms with Gasteiger partial charge in [0.1, 0.15) is 0 Å². The van der Waals surface area contributed by atoms with Crippen LogP contribution in [0.1, 0.15) is 43.6 Å². The molecule has 0 unspecified atom stereocenters. The molecular weight excluding hydrogens is 232 g/mol. The molecular formula is C13H18N2O3. The molecule has 1 amide bonds. The number of carboxylic acids is 1. The number of carbonyl (C=O) groups is 2. The average molecular weight is 250 g/mol. The fraction of sp³-hybridized carbons (Fsp3) is 0.462. The molecule has 1 atom stereocenters. The van der Waals surface area contributed by atoms with Crippen LogP contribution in [0.25, 0.3) is 0 Å². The summed E-state index contributed by atoms with van der Waals surface area (Å²) in [5.74, 6) is -1.22. The minimum atomic E-state index is -0.966. The molecule has 0 bridgehead atoms. The first-order valence-corrected chi connectivity index (χ1v) is 5.97. The lowest BCUT2D eigenvalue weighted by atomic mass is 10.1. The van der Waals surface area contributed by atoms with Crippen molar-refractivity contribution in [1.29, 1.82) is 0 Å². The van der Waals surface area contributed by atoms with Gasteiger partial charge in [-0.25, -0.2) is 0 Å². The lowest BCUT2D eigenvalue weighted by Gasteiger charge is -2.16. The van der Waals surface area contributed by atoms with E-state index in [1.54, 1.807) is 0 Å². The van der Waals surface area contributed by atoms with Gasteiger partial charge in [-0.2, -0.15) is 0 Å². The second-order valence-electron chi connectivity index (χ2n) is 4.13. The molecule has 5 heteroatoms. The highest BCUT2D eigenvalue weighted by Crippen LogP contribution is 2.14. The fourth-order valence-corrected chi connectivity index (χ4v) is 1.63. The highest BCUT2D eigenvalue weighted by atomic mass is 16.4. The van der Waals surface area contributed by atoms with Gasteiger partial charge in [0.05, 0.1) is 18.2 Å². The van der Waals surface area contributed by atoms with Gasteiger partial charge in [-0.05, 0) is 25.5 Å². The molecule has 0 aliphatic carbocycles. The second-order valence-corrected chi connectivity index (χ2v) is 4.13. The Balaban J connectivity index is 2.62. The Morgan fingerprint density at radius 1 is 1.39 bits per heavy atom. The highest BCUT2D eigenvalue weighted by Gasteiger charge is 2.14. The molecule has 0 radical (unpaired) electrons. The van der Waals surface area contributed by atoms with Gasteiger partial charge in [-0.15, -0.1) is 0 Å². The predicted octanol–water partition coefficient (Wildman–Crippen LogP) is 1.82. The van der Waals surface area contributed by atoms with Crippen LogP contribution in [0.5, 0.6) is 0 Å². The number of carboxylic acid groups (broad SMARTS) is 1. The van der Waals surface area contributed by atoms with Crippen LogP contribution in [-0.4, -0.2) is 22.0 Å². The van der Waals surface area contributed by atoms with E-state index >= 15 is 0 Å². The normalized spacial score (nSPS) is 11.9. The minimum absolute atomic E-state index is 0.00233. The van der Waals surface area contributed by atoms with Crippen LogP contribution >= 0.6 is 0 Å². The Morgan fingerprint density at radius 2 is 2.11 bits per heavy atom. The van der Waals surface area contributed by atoms with Gasteiger partial charge in [0.25, 0.3) is 0 Å². The van der Waals surface area contributed by atoms with Crippen molar-refractivity contribution in [3.63, 3.8) is 0 Å². The monoisotopic (exact) mass is 250 g/mol. The van der Waals surface area contributed by atoms with Crippen molar-refractivity contribution >= 4 is 11.9 Å². The maximum absolute atomic E-state index is 11.6. The zero-order valence-corrected chi connectivity index (χ0v) is 10.6.